The fourth-order valence-electron chi connectivity index (χ4n) is 7.36. The second kappa shape index (κ2) is 14.7. The number of hydrogen-bond donors (Lipinski definition) is 1. The number of carbonyl (C=O) groups excluding carboxylic acids is 1. The summed E-state index contributed by atoms with van der Waals surface area (Å²) in [5.74, 6) is 0.936. The molecule has 1 saturated carbocycles. The average Bonchev–Trinajstić information content (AvgIpc) is 3.51. The van der Waals surface area contributed by atoms with E-state index in [1.807, 2.05) is 41.1 Å². The maximum Gasteiger partial charge on any atom is 0.272 e. The lowest BCUT2D eigenvalue weighted by atomic mass is 9.83. The van der Waals surface area contributed by atoms with Crippen LogP contribution >= 0.6 is 30.5 Å². The second-order valence-corrected chi connectivity index (χ2v) is 17.2. The van der Waals surface area contributed by atoms with Gasteiger partial charge in [0.1, 0.15) is 23.2 Å². The summed E-state index contributed by atoms with van der Waals surface area (Å²) in [6.45, 7) is 1.11. The molecule has 5 aromatic carbocycles. The highest BCUT2D eigenvalue weighted by Crippen LogP contribution is 2.58. The van der Waals surface area contributed by atoms with Crippen LogP contribution in [0.1, 0.15) is 41.7 Å². The van der Waals surface area contributed by atoms with Crippen molar-refractivity contribution in [3.63, 3.8) is 0 Å². The molecule has 1 amide bonds. The van der Waals surface area contributed by atoms with Crippen LogP contribution in [-0.4, -0.2) is 28.4 Å². The number of hydrogen-bond acceptors (Lipinski definition) is 2. The molecule has 0 radical (unpaired) electrons. The molecular weight excluding hydrogens is 652 g/mol. The number of nitrogens with one attached hydrogen (secondary N) is 1. The third-order valence-corrected chi connectivity index (χ3v) is 15.0. The van der Waals surface area contributed by atoms with Crippen LogP contribution in [0.5, 0.6) is 0 Å². The fraction of sp³-hybridized carbons (Fsp3) is 0.220. The highest BCUT2D eigenvalue weighted by Gasteiger charge is 2.47. The zero-order valence-electron chi connectivity index (χ0n) is 26.8. The molecule has 6 aromatic rings. The van der Waals surface area contributed by atoms with Gasteiger partial charge in [-0.25, -0.2) is 0 Å². The summed E-state index contributed by atoms with van der Waals surface area (Å²) in [7, 11) is -1.86. The molecule has 4 nitrogen and oxygen atoms in total. The summed E-state index contributed by atoms with van der Waals surface area (Å²) in [5, 5.41) is 14.4. The van der Waals surface area contributed by atoms with Gasteiger partial charge in [-0.05, 0) is 97.7 Å². The van der Waals surface area contributed by atoms with Crippen LogP contribution in [0.2, 0.25) is 10.0 Å². The van der Waals surface area contributed by atoms with E-state index in [4.69, 9.17) is 28.3 Å². The van der Waals surface area contributed by atoms with Gasteiger partial charge in [0.15, 0.2) is 5.69 Å². The second-order valence-electron chi connectivity index (χ2n) is 12.9. The Morgan fingerprint density at radius 2 is 1.25 bits per heavy atom. The predicted molar refractivity (Wildman–Crippen MR) is 203 cm³/mol. The molecule has 1 fully saturated rings. The molecule has 0 unspecified atom stereocenters. The molecule has 1 aliphatic rings. The summed E-state index contributed by atoms with van der Waals surface area (Å²) in [5.41, 5.74) is 2.25. The Morgan fingerprint density at radius 3 is 1.83 bits per heavy atom. The third kappa shape index (κ3) is 6.80. The number of halogens is 2. The smallest absolute Gasteiger partial charge is 0.272 e. The molecule has 1 aromatic heterocycles. The monoisotopic (exact) mass is 690 g/mol. The Kier molecular flexibility index (Phi) is 9.96. The highest BCUT2D eigenvalue weighted by atomic mass is 35.5. The zero-order chi connectivity index (χ0) is 32.9. The number of amides is 1. The van der Waals surface area contributed by atoms with E-state index >= 15 is 0 Å². The van der Waals surface area contributed by atoms with Crippen molar-refractivity contribution in [3.05, 3.63) is 155 Å². The topological polar surface area (TPSA) is 46.9 Å². The minimum Gasteiger partial charge on any atom is -0.350 e. The van der Waals surface area contributed by atoms with E-state index in [2.05, 4.69) is 96.3 Å². The first kappa shape index (κ1) is 32.6. The summed E-state index contributed by atoms with van der Waals surface area (Å²) in [6.07, 6.45) is 5.69. The van der Waals surface area contributed by atoms with Crippen LogP contribution in [0.4, 0.5) is 0 Å². The van der Waals surface area contributed by atoms with Gasteiger partial charge in [0.25, 0.3) is 5.91 Å². The van der Waals surface area contributed by atoms with Crippen molar-refractivity contribution >= 4 is 63.2 Å². The Balaban J connectivity index is 1.05. The van der Waals surface area contributed by atoms with Gasteiger partial charge in [-0.2, -0.15) is 5.10 Å². The van der Waals surface area contributed by atoms with E-state index in [0.717, 1.165) is 48.3 Å². The largest absolute Gasteiger partial charge is 0.350 e. The minimum atomic E-state index is -1.86. The van der Waals surface area contributed by atoms with Crippen molar-refractivity contribution in [1.82, 2.24) is 15.1 Å². The van der Waals surface area contributed by atoms with Crippen molar-refractivity contribution < 1.29 is 4.79 Å². The molecule has 0 aliphatic heterocycles. The third-order valence-electron chi connectivity index (χ3n) is 9.85. The Bertz CT molecular complexity index is 1890. The van der Waals surface area contributed by atoms with Gasteiger partial charge in [-0.15, -0.1) is 0 Å². The number of aromatic nitrogens is 2. The van der Waals surface area contributed by atoms with Gasteiger partial charge in [0.05, 0.1) is 18.2 Å². The maximum atomic E-state index is 13.6. The van der Waals surface area contributed by atoms with Crippen molar-refractivity contribution in [3.8, 4) is 0 Å². The Labute approximate surface area is 293 Å². The van der Waals surface area contributed by atoms with Crippen LogP contribution in [0, 0.1) is 11.8 Å². The SMILES string of the molecule is O=C(NCC1CCC(C[P+](c2ccccc2)(c2ccccc2)c2ccccc2)CC1)c1nn(Cc2ccc(Cl)cc2Cl)c2ccccc12. The van der Waals surface area contributed by atoms with Gasteiger partial charge in [0, 0.05) is 22.0 Å². The lowest BCUT2D eigenvalue weighted by molar-refractivity contribution is 0.0937. The molecule has 1 aliphatic carbocycles. The van der Waals surface area contributed by atoms with Crippen LogP contribution in [0.15, 0.2) is 133 Å². The van der Waals surface area contributed by atoms with Crippen LogP contribution < -0.4 is 21.2 Å². The van der Waals surface area contributed by atoms with Crippen molar-refractivity contribution in [2.45, 2.75) is 32.2 Å². The average molecular weight is 692 g/mol. The van der Waals surface area contributed by atoms with Crippen molar-refractivity contribution in [2.24, 2.45) is 11.8 Å². The maximum absolute atomic E-state index is 13.6. The van der Waals surface area contributed by atoms with E-state index in [0.29, 0.717) is 40.7 Å². The number of rotatable bonds is 10. The molecule has 1 N–H and O–H groups in total. The first-order valence-corrected chi connectivity index (χ1v) is 19.5. The summed E-state index contributed by atoms with van der Waals surface area (Å²) >= 11 is 12.6. The molecule has 0 saturated heterocycles. The van der Waals surface area contributed by atoms with Gasteiger partial charge >= 0.3 is 0 Å². The summed E-state index contributed by atoms with van der Waals surface area (Å²) in [4.78, 5) is 13.6. The van der Waals surface area contributed by atoms with Crippen LogP contribution in [-0.2, 0) is 6.54 Å². The quantitative estimate of drug-likeness (QED) is 0.146. The molecule has 0 atom stereocenters. The van der Waals surface area contributed by atoms with E-state index in [1.54, 1.807) is 6.07 Å². The van der Waals surface area contributed by atoms with Crippen molar-refractivity contribution in [2.75, 3.05) is 12.7 Å². The molecule has 0 spiro atoms. The molecule has 242 valence electrons. The Morgan fingerprint density at radius 1 is 0.708 bits per heavy atom. The molecule has 1 heterocycles. The standard InChI is InChI=1S/C41H38Cl2N3OP/c42-33-25-24-32(38(43)26-33)28-46-39-19-11-10-18-37(39)40(45-46)41(47)44-27-30-20-22-31(23-21-30)29-48(34-12-4-1-5-13-34,35-14-6-2-7-15-35)36-16-8-3-9-17-36/h1-19,24-26,30-31H,20-23,27-29H2/p+1. The minimum absolute atomic E-state index is 0.128. The zero-order valence-corrected chi connectivity index (χ0v) is 29.2. The van der Waals surface area contributed by atoms with Crippen molar-refractivity contribution in [1.29, 1.82) is 0 Å². The molecule has 7 rings (SSSR count). The van der Waals surface area contributed by atoms with E-state index in [-0.39, 0.29) is 5.91 Å². The first-order chi connectivity index (χ1) is 23.5. The summed E-state index contributed by atoms with van der Waals surface area (Å²) in [6, 6.07) is 46.9. The normalized spacial score (nSPS) is 16.5. The number of para-hydroxylation sites is 1. The van der Waals surface area contributed by atoms with E-state index < -0.39 is 7.26 Å². The number of benzene rings is 5. The number of carbonyl (C=O) groups is 1. The van der Waals surface area contributed by atoms with Gasteiger partial charge in [-0.3, -0.25) is 9.48 Å². The van der Waals surface area contributed by atoms with Gasteiger partial charge < -0.3 is 5.32 Å². The number of fused-ring (bicyclic) bond motifs is 1. The Hall–Kier alpha value is -3.95. The predicted octanol–water partition coefficient (Wildman–Crippen LogP) is 8.92. The lowest BCUT2D eigenvalue weighted by Gasteiger charge is -2.34. The van der Waals surface area contributed by atoms with E-state index in [1.165, 1.54) is 15.9 Å². The molecule has 7 heteroatoms. The fourth-order valence-corrected chi connectivity index (χ4v) is 12.5. The van der Waals surface area contributed by atoms with E-state index in [9.17, 15) is 4.79 Å². The van der Waals surface area contributed by atoms with Crippen LogP contribution in [0.3, 0.4) is 0 Å². The highest BCUT2D eigenvalue weighted by molar-refractivity contribution is 7.95. The van der Waals surface area contributed by atoms with Crippen LogP contribution in [0.25, 0.3) is 10.9 Å². The number of nitrogens with zero attached hydrogens (tertiary/aromatic N) is 2. The molecule has 0 bridgehead atoms. The first-order valence-electron chi connectivity index (χ1n) is 16.7. The molecular formula is C41H39Cl2N3OP+. The van der Waals surface area contributed by atoms with Gasteiger partial charge in [0.2, 0.25) is 0 Å². The summed E-state index contributed by atoms with van der Waals surface area (Å²) < 4.78 is 1.85. The molecule has 48 heavy (non-hydrogen) atoms. The lowest BCUT2D eigenvalue weighted by Crippen LogP contribution is -2.37. The van der Waals surface area contributed by atoms with Gasteiger partial charge in [-0.1, -0.05) is 102 Å².